The van der Waals surface area contributed by atoms with Crippen molar-refractivity contribution in [2.75, 3.05) is 46.4 Å². The van der Waals surface area contributed by atoms with E-state index in [1.54, 1.807) is 11.9 Å². The van der Waals surface area contributed by atoms with Gasteiger partial charge in [0.25, 0.3) is 0 Å². The SMILES string of the molecule is CCOC(=O)N1CCC(NC(=NC)NCC(c2cccc(Cl)c2)N2CCCC2)CC1.I. The van der Waals surface area contributed by atoms with Crippen LogP contribution in [0.1, 0.15) is 44.2 Å². The van der Waals surface area contributed by atoms with E-state index in [0.717, 1.165) is 43.5 Å². The average molecular weight is 564 g/mol. The molecule has 1 aromatic carbocycles. The minimum atomic E-state index is -0.214. The highest BCUT2D eigenvalue weighted by Crippen LogP contribution is 2.26. The van der Waals surface area contributed by atoms with Crippen LogP contribution in [-0.4, -0.2) is 74.3 Å². The van der Waals surface area contributed by atoms with E-state index < -0.39 is 0 Å². The minimum Gasteiger partial charge on any atom is -0.450 e. The first kappa shape index (κ1) is 26.0. The number of aliphatic imine (C=N–C) groups is 1. The topological polar surface area (TPSA) is 69.2 Å². The molecule has 31 heavy (non-hydrogen) atoms. The maximum absolute atomic E-state index is 11.9. The molecule has 0 saturated carbocycles. The fourth-order valence-electron chi connectivity index (χ4n) is 4.23. The first-order valence-corrected chi connectivity index (χ1v) is 11.4. The van der Waals surface area contributed by atoms with E-state index in [1.165, 1.54) is 18.4 Å². The van der Waals surface area contributed by atoms with Gasteiger partial charge in [0.1, 0.15) is 0 Å². The van der Waals surface area contributed by atoms with Crippen LogP contribution >= 0.6 is 35.6 Å². The molecule has 0 aliphatic carbocycles. The predicted molar refractivity (Wildman–Crippen MR) is 137 cm³/mol. The molecule has 2 N–H and O–H groups in total. The average Bonchev–Trinajstić information content (AvgIpc) is 3.28. The Balaban J connectivity index is 0.00000341. The maximum Gasteiger partial charge on any atom is 0.409 e. The highest BCUT2D eigenvalue weighted by molar-refractivity contribution is 14.0. The molecule has 0 aromatic heterocycles. The molecule has 1 amide bonds. The van der Waals surface area contributed by atoms with Crippen molar-refractivity contribution < 1.29 is 9.53 Å². The zero-order valence-electron chi connectivity index (χ0n) is 18.5. The Labute approximate surface area is 207 Å². The van der Waals surface area contributed by atoms with Gasteiger partial charge in [-0.1, -0.05) is 23.7 Å². The number of carbonyl (C=O) groups is 1. The molecule has 0 bridgehead atoms. The number of ether oxygens (including phenoxy) is 1. The Hall–Kier alpha value is -1.26. The summed E-state index contributed by atoms with van der Waals surface area (Å²) in [5, 5.41) is 7.81. The summed E-state index contributed by atoms with van der Waals surface area (Å²) in [5.41, 5.74) is 1.23. The third-order valence-corrected chi connectivity index (χ3v) is 6.10. The van der Waals surface area contributed by atoms with E-state index in [2.05, 4.69) is 32.7 Å². The number of piperidine rings is 1. The number of likely N-dealkylation sites (tertiary alicyclic amines) is 2. The van der Waals surface area contributed by atoms with Gasteiger partial charge in [-0.3, -0.25) is 9.89 Å². The molecule has 2 aliphatic heterocycles. The van der Waals surface area contributed by atoms with E-state index in [9.17, 15) is 4.79 Å². The summed E-state index contributed by atoms with van der Waals surface area (Å²) >= 11 is 6.26. The molecule has 9 heteroatoms. The van der Waals surface area contributed by atoms with Crippen LogP contribution in [0.2, 0.25) is 5.02 Å². The Morgan fingerprint density at radius 1 is 1.26 bits per heavy atom. The second-order valence-electron chi connectivity index (χ2n) is 7.87. The van der Waals surface area contributed by atoms with Crippen molar-refractivity contribution in [1.82, 2.24) is 20.4 Å². The van der Waals surface area contributed by atoms with E-state index >= 15 is 0 Å². The van der Waals surface area contributed by atoms with Gasteiger partial charge in [-0.25, -0.2) is 4.79 Å². The van der Waals surface area contributed by atoms with Gasteiger partial charge in [0, 0.05) is 37.7 Å². The largest absolute Gasteiger partial charge is 0.450 e. The minimum absolute atomic E-state index is 0. The van der Waals surface area contributed by atoms with Crippen LogP contribution in [0.15, 0.2) is 29.3 Å². The van der Waals surface area contributed by atoms with Crippen molar-refractivity contribution in [2.24, 2.45) is 4.99 Å². The van der Waals surface area contributed by atoms with E-state index in [-0.39, 0.29) is 36.1 Å². The normalized spacial score (nSPS) is 18.9. The summed E-state index contributed by atoms with van der Waals surface area (Å²) in [6.45, 7) is 6.63. The van der Waals surface area contributed by atoms with Crippen LogP contribution in [0, 0.1) is 0 Å². The first-order chi connectivity index (χ1) is 14.6. The third kappa shape index (κ3) is 7.68. The van der Waals surface area contributed by atoms with Crippen molar-refractivity contribution in [2.45, 2.75) is 44.7 Å². The van der Waals surface area contributed by atoms with Crippen LogP contribution in [0.3, 0.4) is 0 Å². The second-order valence-corrected chi connectivity index (χ2v) is 8.31. The van der Waals surface area contributed by atoms with E-state index in [4.69, 9.17) is 16.3 Å². The van der Waals surface area contributed by atoms with Crippen LogP contribution in [0.5, 0.6) is 0 Å². The van der Waals surface area contributed by atoms with Gasteiger partial charge in [0.05, 0.1) is 12.6 Å². The van der Waals surface area contributed by atoms with Gasteiger partial charge in [-0.2, -0.15) is 0 Å². The summed E-state index contributed by atoms with van der Waals surface area (Å²) in [4.78, 5) is 20.6. The quantitative estimate of drug-likeness (QED) is 0.312. The lowest BCUT2D eigenvalue weighted by Gasteiger charge is -2.33. The molecular formula is C22H35ClIN5O2. The smallest absolute Gasteiger partial charge is 0.409 e. The molecule has 174 valence electrons. The van der Waals surface area contributed by atoms with Gasteiger partial charge in [0.2, 0.25) is 0 Å². The number of carbonyl (C=O) groups excluding carboxylic acids is 1. The molecule has 2 aliphatic rings. The fourth-order valence-corrected chi connectivity index (χ4v) is 4.43. The highest BCUT2D eigenvalue weighted by atomic mass is 127. The van der Waals surface area contributed by atoms with Crippen molar-refractivity contribution in [3.8, 4) is 0 Å². The Morgan fingerprint density at radius 3 is 2.58 bits per heavy atom. The molecule has 0 radical (unpaired) electrons. The number of guanidine groups is 1. The third-order valence-electron chi connectivity index (χ3n) is 5.86. The molecule has 2 saturated heterocycles. The molecule has 1 aromatic rings. The van der Waals surface area contributed by atoms with Crippen molar-refractivity contribution in [1.29, 1.82) is 0 Å². The summed E-state index contributed by atoms with van der Waals surface area (Å²) in [6, 6.07) is 8.70. The number of amides is 1. The maximum atomic E-state index is 11.9. The van der Waals surface area contributed by atoms with Crippen LogP contribution in [0.4, 0.5) is 4.79 Å². The van der Waals surface area contributed by atoms with Crippen molar-refractivity contribution in [3.05, 3.63) is 34.9 Å². The number of rotatable bonds is 6. The molecule has 0 spiro atoms. The lowest BCUT2D eigenvalue weighted by molar-refractivity contribution is 0.0963. The Morgan fingerprint density at radius 2 is 1.97 bits per heavy atom. The lowest BCUT2D eigenvalue weighted by Crippen LogP contribution is -2.51. The molecule has 1 unspecified atom stereocenters. The molecular weight excluding hydrogens is 529 g/mol. The molecule has 2 heterocycles. The summed E-state index contributed by atoms with van der Waals surface area (Å²) in [7, 11) is 1.80. The zero-order valence-corrected chi connectivity index (χ0v) is 21.6. The monoisotopic (exact) mass is 563 g/mol. The summed E-state index contributed by atoms with van der Waals surface area (Å²) in [6.07, 6.45) is 4.02. The number of hydrogen-bond acceptors (Lipinski definition) is 4. The number of hydrogen-bond donors (Lipinski definition) is 2. The highest BCUT2D eigenvalue weighted by Gasteiger charge is 2.26. The summed E-state index contributed by atoms with van der Waals surface area (Å²) < 4.78 is 5.10. The summed E-state index contributed by atoms with van der Waals surface area (Å²) in [5.74, 6) is 0.802. The van der Waals surface area contributed by atoms with Gasteiger partial charge < -0.3 is 20.3 Å². The van der Waals surface area contributed by atoms with E-state index in [1.807, 2.05) is 19.1 Å². The van der Waals surface area contributed by atoms with Gasteiger partial charge >= 0.3 is 6.09 Å². The predicted octanol–water partition coefficient (Wildman–Crippen LogP) is 3.88. The molecule has 3 rings (SSSR count). The Kier molecular flexibility index (Phi) is 11.2. The van der Waals surface area contributed by atoms with Crippen molar-refractivity contribution in [3.63, 3.8) is 0 Å². The molecule has 2 fully saturated rings. The van der Waals surface area contributed by atoms with Gasteiger partial charge in [0.15, 0.2) is 5.96 Å². The number of nitrogens with zero attached hydrogens (tertiary/aromatic N) is 3. The number of benzene rings is 1. The van der Waals surface area contributed by atoms with Crippen LogP contribution in [0.25, 0.3) is 0 Å². The van der Waals surface area contributed by atoms with Crippen LogP contribution in [-0.2, 0) is 4.74 Å². The fraction of sp³-hybridized carbons (Fsp3) is 0.636. The van der Waals surface area contributed by atoms with Gasteiger partial charge in [-0.15, -0.1) is 24.0 Å². The van der Waals surface area contributed by atoms with E-state index in [0.29, 0.717) is 25.7 Å². The van der Waals surface area contributed by atoms with Crippen LogP contribution < -0.4 is 10.6 Å². The molecule has 1 atom stereocenters. The Bertz CT molecular complexity index is 722. The number of halogens is 2. The van der Waals surface area contributed by atoms with Gasteiger partial charge in [-0.05, 0) is 63.4 Å². The lowest BCUT2D eigenvalue weighted by atomic mass is 10.1. The number of nitrogens with one attached hydrogen (secondary N) is 2. The first-order valence-electron chi connectivity index (χ1n) is 11.0. The van der Waals surface area contributed by atoms with Crippen molar-refractivity contribution >= 4 is 47.6 Å². The second kappa shape index (κ2) is 13.3. The zero-order chi connectivity index (χ0) is 21.3. The molecule has 7 nitrogen and oxygen atoms in total. The standard InChI is InChI=1S/C22H34ClN5O2.HI/c1-3-30-22(29)28-13-9-19(10-14-28)26-21(24-2)25-16-20(27-11-4-5-12-27)17-7-6-8-18(23)15-17;/h6-8,15,19-20H,3-5,9-14,16H2,1-2H3,(H2,24,25,26);1H.